The van der Waals surface area contributed by atoms with Crippen LogP contribution in [0.25, 0.3) is 0 Å². The maximum absolute atomic E-state index is 10.9. The highest BCUT2D eigenvalue weighted by atomic mass is 28.2. The van der Waals surface area contributed by atoms with Crippen LogP contribution in [-0.2, 0) is 14.0 Å². The van der Waals surface area contributed by atoms with Crippen molar-refractivity contribution in [1.29, 1.82) is 0 Å². The molecule has 0 radical (unpaired) electrons. The van der Waals surface area contributed by atoms with Gasteiger partial charge in [-0.25, -0.2) is 4.79 Å². The van der Waals surface area contributed by atoms with Crippen LogP contribution >= 0.6 is 0 Å². The third-order valence-electron chi connectivity index (χ3n) is 1.47. The predicted molar refractivity (Wildman–Crippen MR) is 60.1 cm³/mol. The third-order valence-corrected chi connectivity index (χ3v) is 2.97. The molecule has 15 heavy (non-hydrogen) atoms. The van der Waals surface area contributed by atoms with Crippen molar-refractivity contribution < 1.29 is 14.0 Å². The standard InChI is InChI=1S/C8H19N3O3Si/c1-6(2)7(12)13-4-3-5-15-14-8(9,10)11/h1,3-5,9-11,15H2,2H3. The van der Waals surface area contributed by atoms with Crippen molar-refractivity contribution in [3.63, 3.8) is 0 Å². The number of carbonyl (C=O) groups excluding carboxylic acids is 1. The molecule has 0 aliphatic heterocycles. The number of nitrogens with two attached hydrogens (primary N) is 3. The summed E-state index contributed by atoms with van der Waals surface area (Å²) in [6.45, 7) is 5.42. The van der Waals surface area contributed by atoms with E-state index in [0.717, 1.165) is 12.5 Å². The lowest BCUT2D eigenvalue weighted by molar-refractivity contribution is -0.138. The van der Waals surface area contributed by atoms with E-state index in [1.165, 1.54) is 0 Å². The Labute approximate surface area is 91.7 Å². The van der Waals surface area contributed by atoms with Crippen LogP contribution in [0.5, 0.6) is 0 Å². The molecule has 7 heteroatoms. The molecule has 0 aliphatic carbocycles. The summed E-state index contributed by atoms with van der Waals surface area (Å²) in [7, 11) is -0.846. The Bertz CT molecular complexity index is 228. The first-order chi connectivity index (χ1) is 6.83. The molecule has 0 unspecified atom stereocenters. The summed E-state index contributed by atoms with van der Waals surface area (Å²) in [6, 6.07) is 0.802. The number of carbonyl (C=O) groups is 1. The topological polar surface area (TPSA) is 114 Å². The second-order valence-electron chi connectivity index (χ2n) is 3.33. The summed E-state index contributed by atoms with van der Waals surface area (Å²) >= 11 is 0. The van der Waals surface area contributed by atoms with Crippen molar-refractivity contribution in [3.05, 3.63) is 12.2 Å². The van der Waals surface area contributed by atoms with Gasteiger partial charge in [0.25, 0.3) is 0 Å². The molecule has 0 atom stereocenters. The fourth-order valence-corrected chi connectivity index (χ4v) is 1.65. The van der Waals surface area contributed by atoms with Gasteiger partial charge < -0.3 is 9.16 Å². The summed E-state index contributed by atoms with van der Waals surface area (Å²) in [5, 5.41) is 0. The Kier molecular flexibility index (Phi) is 6.37. The van der Waals surface area contributed by atoms with Gasteiger partial charge in [-0.2, -0.15) is 0 Å². The maximum Gasteiger partial charge on any atom is 0.333 e. The van der Waals surface area contributed by atoms with Crippen LogP contribution in [0.1, 0.15) is 13.3 Å². The zero-order valence-corrected chi connectivity index (χ0v) is 10.4. The molecular weight excluding hydrogens is 214 g/mol. The van der Waals surface area contributed by atoms with Gasteiger partial charge in [-0.15, -0.1) is 0 Å². The minimum atomic E-state index is -1.53. The number of esters is 1. The molecule has 0 saturated carbocycles. The molecule has 0 saturated heterocycles. The summed E-state index contributed by atoms with van der Waals surface area (Å²) in [4.78, 5) is 10.9. The second kappa shape index (κ2) is 6.70. The van der Waals surface area contributed by atoms with Crippen LogP contribution in [0, 0.1) is 0 Å². The van der Waals surface area contributed by atoms with Crippen molar-refractivity contribution in [2.24, 2.45) is 17.2 Å². The van der Waals surface area contributed by atoms with E-state index in [-0.39, 0.29) is 5.97 Å². The Morgan fingerprint density at radius 3 is 2.53 bits per heavy atom. The minimum absolute atomic E-state index is 0.356. The molecule has 0 spiro atoms. The smallest absolute Gasteiger partial charge is 0.333 e. The summed E-state index contributed by atoms with van der Waals surface area (Å²) in [5.74, 6) is -1.90. The average Bonchev–Trinajstić information content (AvgIpc) is 2.08. The van der Waals surface area contributed by atoms with Crippen LogP contribution in [0.2, 0.25) is 6.04 Å². The van der Waals surface area contributed by atoms with E-state index in [4.69, 9.17) is 26.4 Å². The number of hydrogen-bond donors (Lipinski definition) is 3. The summed E-state index contributed by atoms with van der Waals surface area (Å²) < 4.78 is 9.87. The highest BCUT2D eigenvalue weighted by Gasteiger charge is 2.10. The monoisotopic (exact) mass is 233 g/mol. The van der Waals surface area contributed by atoms with Crippen molar-refractivity contribution in [1.82, 2.24) is 0 Å². The van der Waals surface area contributed by atoms with Crippen LogP contribution in [0.15, 0.2) is 12.2 Å². The summed E-state index contributed by atoms with van der Waals surface area (Å²) in [6.07, 6.45) is 0.724. The van der Waals surface area contributed by atoms with Gasteiger partial charge in [0.05, 0.1) is 6.61 Å². The number of rotatable bonds is 7. The third kappa shape index (κ3) is 9.57. The van der Waals surface area contributed by atoms with E-state index >= 15 is 0 Å². The van der Waals surface area contributed by atoms with E-state index in [1.807, 2.05) is 0 Å². The zero-order chi connectivity index (χ0) is 11.9. The fourth-order valence-electron chi connectivity index (χ4n) is 0.741. The molecule has 0 aliphatic rings. The molecule has 0 rings (SSSR count). The first kappa shape index (κ1) is 14.3. The first-order valence-corrected chi connectivity index (χ1v) is 6.24. The van der Waals surface area contributed by atoms with Gasteiger partial charge in [-0.1, -0.05) is 6.58 Å². The van der Waals surface area contributed by atoms with Crippen LogP contribution < -0.4 is 17.2 Å². The van der Waals surface area contributed by atoms with Crippen molar-refractivity contribution >= 4 is 15.7 Å². The van der Waals surface area contributed by atoms with Gasteiger partial charge >= 0.3 is 5.97 Å². The van der Waals surface area contributed by atoms with E-state index < -0.39 is 15.7 Å². The predicted octanol–water partition coefficient (Wildman–Crippen LogP) is -1.50. The molecule has 0 aromatic rings. The number of ether oxygens (including phenoxy) is 1. The van der Waals surface area contributed by atoms with Crippen LogP contribution in [0.3, 0.4) is 0 Å². The Morgan fingerprint density at radius 1 is 1.47 bits per heavy atom. The Balaban J connectivity index is 3.33. The average molecular weight is 233 g/mol. The quantitative estimate of drug-likeness (QED) is 0.162. The molecule has 0 amide bonds. The van der Waals surface area contributed by atoms with Gasteiger partial charge in [0.1, 0.15) is 0 Å². The normalized spacial score (nSPS) is 12.0. The Morgan fingerprint density at radius 2 is 2.07 bits per heavy atom. The van der Waals surface area contributed by atoms with E-state index in [9.17, 15) is 4.79 Å². The summed E-state index contributed by atoms with van der Waals surface area (Å²) in [5.41, 5.74) is 16.0. The molecule has 6 N–H and O–H groups in total. The lowest BCUT2D eigenvalue weighted by Gasteiger charge is -2.19. The van der Waals surface area contributed by atoms with Gasteiger partial charge in [-0.3, -0.25) is 17.2 Å². The van der Waals surface area contributed by atoms with Gasteiger partial charge in [-0.05, 0) is 19.4 Å². The molecule has 0 bridgehead atoms. The molecule has 0 aromatic heterocycles. The van der Waals surface area contributed by atoms with Crippen LogP contribution in [0.4, 0.5) is 0 Å². The van der Waals surface area contributed by atoms with Crippen LogP contribution in [-0.4, -0.2) is 28.3 Å². The lowest BCUT2D eigenvalue weighted by Crippen LogP contribution is -2.60. The maximum atomic E-state index is 10.9. The molecule has 88 valence electrons. The SMILES string of the molecule is C=C(C)C(=O)OCCC[SiH2]OC(N)(N)N. The fraction of sp³-hybridized carbons (Fsp3) is 0.625. The van der Waals surface area contributed by atoms with Crippen molar-refractivity contribution in [2.75, 3.05) is 6.61 Å². The Hall–Kier alpha value is -0.733. The molecule has 0 fully saturated rings. The van der Waals surface area contributed by atoms with E-state index in [1.54, 1.807) is 6.92 Å². The van der Waals surface area contributed by atoms with E-state index in [2.05, 4.69) is 6.58 Å². The largest absolute Gasteiger partial charge is 0.462 e. The minimum Gasteiger partial charge on any atom is -0.462 e. The highest BCUT2D eigenvalue weighted by Crippen LogP contribution is 1.96. The van der Waals surface area contributed by atoms with Gasteiger partial charge in [0, 0.05) is 5.57 Å². The highest BCUT2D eigenvalue weighted by molar-refractivity contribution is 6.27. The van der Waals surface area contributed by atoms with E-state index in [0.29, 0.717) is 12.2 Å². The first-order valence-electron chi connectivity index (χ1n) is 4.66. The second-order valence-corrected chi connectivity index (χ2v) is 4.73. The molecule has 6 nitrogen and oxygen atoms in total. The zero-order valence-electron chi connectivity index (χ0n) is 8.99. The van der Waals surface area contributed by atoms with Crippen molar-refractivity contribution in [3.8, 4) is 0 Å². The molecule has 0 aromatic carbocycles. The molecular formula is C8H19N3O3Si. The van der Waals surface area contributed by atoms with Crippen molar-refractivity contribution in [2.45, 2.75) is 25.4 Å². The lowest BCUT2D eigenvalue weighted by atomic mass is 10.4. The van der Waals surface area contributed by atoms with Gasteiger partial charge in [0.2, 0.25) is 5.97 Å². The molecule has 0 heterocycles. The number of hydrogen-bond acceptors (Lipinski definition) is 6. The van der Waals surface area contributed by atoms with Gasteiger partial charge in [0.15, 0.2) is 9.76 Å².